The molecular weight excluding hydrogens is 384 g/mol. The fraction of sp³-hybridized carbons (Fsp3) is 0.409. The molecule has 7 heteroatoms. The molecule has 0 aliphatic carbocycles. The lowest BCUT2D eigenvalue weighted by atomic mass is 10.0. The van der Waals surface area contributed by atoms with Crippen molar-refractivity contribution in [3.05, 3.63) is 46.6 Å². The lowest BCUT2D eigenvalue weighted by molar-refractivity contribution is 0.0759. The zero-order valence-corrected chi connectivity index (χ0v) is 18.0. The van der Waals surface area contributed by atoms with Gasteiger partial charge in [-0.1, -0.05) is 18.2 Å². The second-order valence-electron chi connectivity index (χ2n) is 7.74. The van der Waals surface area contributed by atoms with E-state index in [1.807, 2.05) is 46.0 Å². The number of fused-ring (bicyclic) bond motifs is 2. The Morgan fingerprint density at radius 3 is 2.93 bits per heavy atom. The number of aryl methyl sites for hydroxylation is 2. The summed E-state index contributed by atoms with van der Waals surface area (Å²) in [6, 6.07) is 8.34. The number of anilines is 1. The van der Waals surface area contributed by atoms with Gasteiger partial charge in [-0.15, -0.1) is 11.3 Å². The van der Waals surface area contributed by atoms with Gasteiger partial charge < -0.3 is 15.0 Å². The Hall–Kier alpha value is -2.67. The van der Waals surface area contributed by atoms with Crippen LogP contribution in [0, 0.1) is 6.92 Å². The van der Waals surface area contributed by atoms with Crippen LogP contribution in [0.5, 0.6) is 5.75 Å². The van der Waals surface area contributed by atoms with E-state index in [0.29, 0.717) is 6.54 Å². The summed E-state index contributed by atoms with van der Waals surface area (Å²) < 4.78 is 6.13. The van der Waals surface area contributed by atoms with Crippen LogP contribution in [0.3, 0.4) is 0 Å². The molecule has 1 atom stereocenters. The van der Waals surface area contributed by atoms with Gasteiger partial charge in [-0.05, 0) is 50.8 Å². The van der Waals surface area contributed by atoms with Crippen molar-refractivity contribution >= 4 is 33.3 Å². The van der Waals surface area contributed by atoms with Gasteiger partial charge in [-0.3, -0.25) is 4.79 Å². The number of nitrogens with zero attached hydrogens (tertiary/aromatic N) is 3. The summed E-state index contributed by atoms with van der Waals surface area (Å²) >= 11 is 1.43. The first-order valence-corrected chi connectivity index (χ1v) is 10.8. The lowest BCUT2D eigenvalue weighted by Crippen LogP contribution is -2.32. The quantitative estimate of drug-likeness (QED) is 0.680. The molecule has 1 N–H and O–H groups in total. The normalized spacial score (nSPS) is 15.8. The number of hydrogen-bond donors (Lipinski definition) is 1. The van der Waals surface area contributed by atoms with E-state index in [0.717, 1.165) is 45.1 Å². The van der Waals surface area contributed by atoms with Gasteiger partial charge in [0.05, 0.1) is 16.8 Å². The minimum atomic E-state index is 0.0265. The van der Waals surface area contributed by atoms with Crippen molar-refractivity contribution in [2.75, 3.05) is 18.9 Å². The number of rotatable bonds is 5. The number of hydrogen-bond acceptors (Lipinski definition) is 6. The van der Waals surface area contributed by atoms with Crippen LogP contribution in [-0.2, 0) is 6.42 Å². The molecule has 0 unspecified atom stereocenters. The first-order chi connectivity index (χ1) is 14.0. The maximum Gasteiger partial charge on any atom is 0.264 e. The number of ether oxygens (including phenoxy) is 1. The molecule has 1 aromatic carbocycles. The lowest BCUT2D eigenvalue weighted by Gasteiger charge is -2.26. The highest BCUT2D eigenvalue weighted by Gasteiger charge is 2.24. The molecule has 1 amide bonds. The molecule has 152 valence electrons. The summed E-state index contributed by atoms with van der Waals surface area (Å²) in [6.07, 6.45) is 3.61. The Kier molecular flexibility index (Phi) is 5.41. The standard InChI is InChI=1S/C22H26N4O2S/c1-13(2)26(4)22(27)19-14(3)18-20(24-12-25-21(18)29-19)23-11-16-10-9-15-7-5-6-8-17(15)28-16/h5-8,12-13,16H,9-11H2,1-4H3,(H,23,24,25)/t16-/m1/s1. The van der Waals surface area contributed by atoms with E-state index in [1.165, 1.54) is 16.9 Å². The van der Waals surface area contributed by atoms with Gasteiger partial charge in [0.25, 0.3) is 5.91 Å². The van der Waals surface area contributed by atoms with Crippen molar-refractivity contribution < 1.29 is 9.53 Å². The van der Waals surface area contributed by atoms with Crippen molar-refractivity contribution in [2.45, 2.75) is 45.8 Å². The average Bonchev–Trinajstić information content (AvgIpc) is 3.08. The molecule has 3 aromatic rings. The number of benzene rings is 1. The molecule has 0 spiro atoms. The predicted octanol–water partition coefficient (Wildman–Crippen LogP) is 4.29. The Labute approximate surface area is 174 Å². The summed E-state index contributed by atoms with van der Waals surface area (Å²) in [4.78, 5) is 25.0. The number of nitrogens with one attached hydrogen (secondary N) is 1. The highest BCUT2D eigenvalue weighted by molar-refractivity contribution is 7.20. The first-order valence-electron chi connectivity index (χ1n) is 9.95. The van der Waals surface area contributed by atoms with Crippen LogP contribution in [0.1, 0.15) is 41.1 Å². The van der Waals surface area contributed by atoms with Crippen LogP contribution in [-0.4, -0.2) is 46.5 Å². The highest BCUT2D eigenvalue weighted by Crippen LogP contribution is 2.34. The van der Waals surface area contributed by atoms with Gasteiger partial charge >= 0.3 is 0 Å². The fourth-order valence-corrected chi connectivity index (χ4v) is 4.67. The molecular formula is C22H26N4O2S. The molecule has 6 nitrogen and oxygen atoms in total. The SMILES string of the molecule is Cc1c(C(=O)N(C)C(C)C)sc2ncnc(NC[C@H]3CCc4ccccc4O3)c12. The molecule has 1 aliphatic heterocycles. The highest BCUT2D eigenvalue weighted by atomic mass is 32.1. The number of para-hydroxylation sites is 1. The van der Waals surface area contributed by atoms with E-state index >= 15 is 0 Å². The molecule has 1 aliphatic rings. The number of carbonyl (C=O) groups excluding carboxylic acids is 1. The number of carbonyl (C=O) groups is 1. The predicted molar refractivity (Wildman–Crippen MR) is 117 cm³/mol. The van der Waals surface area contributed by atoms with E-state index in [2.05, 4.69) is 21.4 Å². The van der Waals surface area contributed by atoms with Crippen molar-refractivity contribution in [3.63, 3.8) is 0 Å². The summed E-state index contributed by atoms with van der Waals surface area (Å²) in [5.74, 6) is 1.76. The second-order valence-corrected chi connectivity index (χ2v) is 8.73. The van der Waals surface area contributed by atoms with E-state index in [4.69, 9.17) is 4.74 Å². The van der Waals surface area contributed by atoms with E-state index < -0.39 is 0 Å². The Morgan fingerprint density at radius 1 is 1.34 bits per heavy atom. The minimum absolute atomic E-state index is 0.0265. The molecule has 0 saturated heterocycles. The molecule has 0 saturated carbocycles. The smallest absolute Gasteiger partial charge is 0.264 e. The topological polar surface area (TPSA) is 67.4 Å². The number of aromatic nitrogens is 2. The third kappa shape index (κ3) is 3.79. The van der Waals surface area contributed by atoms with Gasteiger partial charge in [0.2, 0.25) is 0 Å². The molecule has 29 heavy (non-hydrogen) atoms. The van der Waals surface area contributed by atoms with Crippen LogP contribution in [0.25, 0.3) is 10.2 Å². The molecule has 2 aromatic heterocycles. The van der Waals surface area contributed by atoms with Crippen molar-refractivity contribution in [3.8, 4) is 5.75 Å². The third-order valence-electron chi connectivity index (χ3n) is 5.52. The van der Waals surface area contributed by atoms with E-state index in [-0.39, 0.29) is 18.1 Å². The molecule has 3 heterocycles. The van der Waals surface area contributed by atoms with Gasteiger partial charge in [0.1, 0.15) is 28.8 Å². The Bertz CT molecular complexity index is 1050. The monoisotopic (exact) mass is 410 g/mol. The summed E-state index contributed by atoms with van der Waals surface area (Å²) in [6.45, 7) is 6.65. The summed E-state index contributed by atoms with van der Waals surface area (Å²) in [7, 11) is 1.83. The first kappa shape index (κ1) is 19.6. The zero-order chi connectivity index (χ0) is 20.5. The molecule has 0 radical (unpaired) electrons. The average molecular weight is 411 g/mol. The Balaban J connectivity index is 1.55. The molecule has 4 rings (SSSR count). The van der Waals surface area contributed by atoms with E-state index in [9.17, 15) is 4.79 Å². The number of amides is 1. The van der Waals surface area contributed by atoms with Gasteiger partial charge in [-0.25, -0.2) is 9.97 Å². The third-order valence-corrected chi connectivity index (χ3v) is 6.70. The molecule has 0 bridgehead atoms. The van der Waals surface area contributed by atoms with Crippen LogP contribution < -0.4 is 10.1 Å². The van der Waals surface area contributed by atoms with Crippen molar-refractivity contribution in [1.82, 2.24) is 14.9 Å². The van der Waals surface area contributed by atoms with Crippen molar-refractivity contribution in [1.29, 1.82) is 0 Å². The van der Waals surface area contributed by atoms with Crippen molar-refractivity contribution in [2.24, 2.45) is 0 Å². The van der Waals surface area contributed by atoms with Crippen LogP contribution in [0.15, 0.2) is 30.6 Å². The number of thiophene rings is 1. The van der Waals surface area contributed by atoms with Gasteiger partial charge in [-0.2, -0.15) is 0 Å². The summed E-state index contributed by atoms with van der Waals surface area (Å²) in [5, 5.41) is 4.36. The van der Waals surface area contributed by atoms with Crippen LogP contribution >= 0.6 is 11.3 Å². The van der Waals surface area contributed by atoms with Gasteiger partial charge in [0, 0.05) is 13.1 Å². The van der Waals surface area contributed by atoms with Crippen LogP contribution in [0.4, 0.5) is 5.82 Å². The zero-order valence-electron chi connectivity index (χ0n) is 17.2. The minimum Gasteiger partial charge on any atom is -0.488 e. The van der Waals surface area contributed by atoms with Crippen LogP contribution in [0.2, 0.25) is 0 Å². The maximum atomic E-state index is 12.9. The Morgan fingerprint density at radius 2 is 2.14 bits per heavy atom. The largest absolute Gasteiger partial charge is 0.488 e. The van der Waals surface area contributed by atoms with Gasteiger partial charge in [0.15, 0.2) is 0 Å². The summed E-state index contributed by atoms with van der Waals surface area (Å²) in [5.41, 5.74) is 2.19. The molecule has 0 fully saturated rings. The fourth-order valence-electron chi connectivity index (χ4n) is 3.54. The second kappa shape index (κ2) is 7.99. The van der Waals surface area contributed by atoms with E-state index in [1.54, 1.807) is 11.2 Å². The maximum absolute atomic E-state index is 12.9.